The summed E-state index contributed by atoms with van der Waals surface area (Å²) in [4.78, 5) is 41.3. The molecule has 0 radical (unpaired) electrons. The zero-order valence-electron chi connectivity index (χ0n) is 15.4. The van der Waals surface area contributed by atoms with Crippen LogP contribution in [0, 0.1) is 0 Å². The third-order valence-corrected chi connectivity index (χ3v) is 5.31. The lowest BCUT2D eigenvalue weighted by Gasteiger charge is -2.13. The van der Waals surface area contributed by atoms with Gasteiger partial charge in [0.2, 0.25) is 5.91 Å². The average molecular weight is 411 g/mol. The molecule has 29 heavy (non-hydrogen) atoms. The van der Waals surface area contributed by atoms with E-state index in [2.05, 4.69) is 15.6 Å². The Kier molecular flexibility index (Phi) is 5.22. The van der Waals surface area contributed by atoms with E-state index < -0.39 is 23.9 Å². The monoisotopic (exact) mass is 410 g/mol. The number of fused-ring (bicyclic) bond motifs is 1. The molecule has 1 aromatic heterocycles. The summed E-state index contributed by atoms with van der Waals surface area (Å²) in [7, 11) is 0. The van der Waals surface area contributed by atoms with Crippen LogP contribution in [-0.2, 0) is 22.6 Å². The van der Waals surface area contributed by atoms with Crippen LogP contribution in [0.25, 0.3) is 10.9 Å². The second kappa shape index (κ2) is 7.97. The zero-order valence-corrected chi connectivity index (χ0v) is 16.2. The molecule has 1 unspecified atom stereocenters. The number of carbonyl (C=O) groups is 3. The van der Waals surface area contributed by atoms with Gasteiger partial charge in [-0.05, 0) is 23.3 Å². The number of imide groups is 1. The van der Waals surface area contributed by atoms with Gasteiger partial charge in [-0.1, -0.05) is 48.0 Å². The number of hydrogen-bond acceptors (Lipinski definition) is 3. The third kappa shape index (κ3) is 3.95. The molecule has 0 spiro atoms. The Labute approximate surface area is 172 Å². The van der Waals surface area contributed by atoms with Crippen LogP contribution in [0.5, 0.6) is 0 Å². The number of halogens is 1. The molecular formula is C21H19ClN4O3. The first-order valence-corrected chi connectivity index (χ1v) is 9.57. The van der Waals surface area contributed by atoms with E-state index in [0.29, 0.717) is 11.4 Å². The Morgan fingerprint density at radius 2 is 1.83 bits per heavy atom. The molecule has 0 bridgehead atoms. The van der Waals surface area contributed by atoms with Gasteiger partial charge >= 0.3 is 6.03 Å². The second-order valence-corrected chi connectivity index (χ2v) is 7.27. The van der Waals surface area contributed by atoms with Crippen molar-refractivity contribution >= 4 is 40.3 Å². The number of nitrogens with one attached hydrogen (secondary N) is 3. The second-order valence-electron chi connectivity index (χ2n) is 6.86. The highest BCUT2D eigenvalue weighted by atomic mass is 35.5. The molecule has 4 amide bonds. The van der Waals surface area contributed by atoms with Gasteiger partial charge in [-0.3, -0.25) is 14.5 Å². The SMILES string of the molecule is O=C(CN1C(=O)NC(Cc2c[nH]c3ccccc23)C1=O)NCc1ccccc1Cl. The Bertz CT molecular complexity index is 1090. The van der Waals surface area contributed by atoms with Gasteiger partial charge in [0, 0.05) is 35.1 Å². The molecule has 3 N–H and O–H groups in total. The van der Waals surface area contributed by atoms with Crippen LogP contribution >= 0.6 is 11.6 Å². The van der Waals surface area contributed by atoms with Crippen molar-refractivity contribution in [2.24, 2.45) is 0 Å². The first-order valence-electron chi connectivity index (χ1n) is 9.20. The number of H-pyrrole nitrogens is 1. The van der Waals surface area contributed by atoms with Crippen molar-refractivity contribution in [3.05, 3.63) is 70.9 Å². The Morgan fingerprint density at radius 3 is 2.66 bits per heavy atom. The van der Waals surface area contributed by atoms with Gasteiger partial charge in [0.1, 0.15) is 12.6 Å². The van der Waals surface area contributed by atoms with Crippen LogP contribution in [0.4, 0.5) is 4.79 Å². The fraction of sp³-hybridized carbons (Fsp3) is 0.190. The van der Waals surface area contributed by atoms with E-state index in [4.69, 9.17) is 11.6 Å². The van der Waals surface area contributed by atoms with Crippen molar-refractivity contribution in [3.8, 4) is 0 Å². The fourth-order valence-electron chi connectivity index (χ4n) is 3.42. The van der Waals surface area contributed by atoms with Gasteiger partial charge in [0.15, 0.2) is 0 Å². The summed E-state index contributed by atoms with van der Waals surface area (Å²) in [5, 5.41) is 6.91. The maximum absolute atomic E-state index is 12.7. The number of rotatable bonds is 6. The van der Waals surface area contributed by atoms with Crippen molar-refractivity contribution in [2.75, 3.05) is 6.54 Å². The van der Waals surface area contributed by atoms with Gasteiger partial charge in [-0.15, -0.1) is 0 Å². The summed E-state index contributed by atoms with van der Waals surface area (Å²) in [6.45, 7) is -0.111. The third-order valence-electron chi connectivity index (χ3n) is 4.94. The molecule has 4 rings (SSSR count). The van der Waals surface area contributed by atoms with Crippen LogP contribution in [0.1, 0.15) is 11.1 Å². The first-order chi connectivity index (χ1) is 14.0. The number of urea groups is 1. The predicted octanol–water partition coefficient (Wildman–Crippen LogP) is 2.60. The molecular weight excluding hydrogens is 392 g/mol. The normalized spacial score (nSPS) is 16.3. The number of aromatic nitrogens is 1. The quantitative estimate of drug-likeness (QED) is 0.545. The van der Waals surface area contributed by atoms with Crippen LogP contribution in [0.2, 0.25) is 5.02 Å². The number of carbonyl (C=O) groups excluding carboxylic acids is 3. The minimum atomic E-state index is -0.696. The zero-order chi connectivity index (χ0) is 20.4. The lowest BCUT2D eigenvalue weighted by Crippen LogP contribution is -2.41. The van der Waals surface area contributed by atoms with E-state index in [1.807, 2.05) is 36.5 Å². The van der Waals surface area contributed by atoms with Gasteiger partial charge < -0.3 is 15.6 Å². The van der Waals surface area contributed by atoms with Gasteiger partial charge in [-0.2, -0.15) is 0 Å². The molecule has 1 aliphatic heterocycles. The molecule has 0 saturated carbocycles. The van der Waals surface area contributed by atoms with Gasteiger partial charge in [0.05, 0.1) is 0 Å². The molecule has 1 saturated heterocycles. The number of benzene rings is 2. The molecule has 7 nitrogen and oxygen atoms in total. The van der Waals surface area contributed by atoms with Gasteiger partial charge in [-0.25, -0.2) is 4.79 Å². The summed E-state index contributed by atoms with van der Waals surface area (Å²) in [5.74, 6) is -0.839. The summed E-state index contributed by atoms with van der Waals surface area (Å²) < 4.78 is 0. The fourth-order valence-corrected chi connectivity index (χ4v) is 3.62. The number of amides is 4. The predicted molar refractivity (Wildman–Crippen MR) is 109 cm³/mol. The largest absolute Gasteiger partial charge is 0.361 e. The number of hydrogen-bond donors (Lipinski definition) is 3. The summed E-state index contributed by atoms with van der Waals surface area (Å²) >= 11 is 6.07. The first kappa shape index (κ1) is 19.0. The van der Waals surface area contributed by atoms with E-state index >= 15 is 0 Å². The van der Waals surface area contributed by atoms with Crippen molar-refractivity contribution < 1.29 is 14.4 Å². The highest BCUT2D eigenvalue weighted by molar-refractivity contribution is 6.31. The summed E-state index contributed by atoms with van der Waals surface area (Å²) in [6.07, 6.45) is 2.19. The Morgan fingerprint density at radius 1 is 1.07 bits per heavy atom. The van der Waals surface area contributed by atoms with Crippen LogP contribution in [-0.4, -0.2) is 40.3 Å². The van der Waals surface area contributed by atoms with Crippen molar-refractivity contribution in [1.29, 1.82) is 0 Å². The highest BCUT2D eigenvalue weighted by Crippen LogP contribution is 2.21. The molecule has 148 valence electrons. The number of aromatic amines is 1. The molecule has 1 aliphatic rings. The molecule has 2 heterocycles. The van der Waals surface area contributed by atoms with E-state index in [9.17, 15) is 14.4 Å². The summed E-state index contributed by atoms with van der Waals surface area (Å²) in [5.41, 5.74) is 2.66. The van der Waals surface area contributed by atoms with E-state index in [-0.39, 0.29) is 13.1 Å². The lowest BCUT2D eigenvalue weighted by molar-refractivity contribution is -0.132. The standard InChI is InChI=1S/C21H19ClN4O3/c22-16-7-3-1-5-13(16)10-24-19(27)12-26-20(28)18(25-21(26)29)9-14-11-23-17-8-4-2-6-15(14)17/h1-8,11,18,23H,9-10,12H2,(H,24,27)(H,25,29). The van der Waals surface area contributed by atoms with Crippen molar-refractivity contribution in [2.45, 2.75) is 19.0 Å². The van der Waals surface area contributed by atoms with Crippen LogP contribution in [0.15, 0.2) is 54.7 Å². The molecule has 2 aromatic carbocycles. The van der Waals surface area contributed by atoms with E-state index in [1.165, 1.54) is 0 Å². The number of para-hydroxylation sites is 1. The Hall–Kier alpha value is -3.32. The highest BCUT2D eigenvalue weighted by Gasteiger charge is 2.39. The van der Waals surface area contributed by atoms with Crippen molar-refractivity contribution in [1.82, 2.24) is 20.5 Å². The molecule has 1 atom stereocenters. The van der Waals surface area contributed by atoms with Crippen molar-refractivity contribution in [3.63, 3.8) is 0 Å². The molecule has 3 aromatic rings. The molecule has 0 aliphatic carbocycles. The van der Waals surface area contributed by atoms with Crippen LogP contribution < -0.4 is 10.6 Å². The van der Waals surface area contributed by atoms with E-state index in [0.717, 1.165) is 26.9 Å². The maximum Gasteiger partial charge on any atom is 0.325 e. The average Bonchev–Trinajstić information content (AvgIpc) is 3.24. The molecule has 1 fully saturated rings. The summed E-state index contributed by atoms with van der Waals surface area (Å²) in [6, 6.07) is 13.6. The molecule has 8 heteroatoms. The lowest BCUT2D eigenvalue weighted by atomic mass is 10.1. The van der Waals surface area contributed by atoms with Gasteiger partial charge in [0.25, 0.3) is 5.91 Å². The smallest absolute Gasteiger partial charge is 0.325 e. The maximum atomic E-state index is 12.7. The minimum absolute atomic E-state index is 0.223. The van der Waals surface area contributed by atoms with Crippen LogP contribution in [0.3, 0.4) is 0 Å². The topological polar surface area (TPSA) is 94.3 Å². The minimum Gasteiger partial charge on any atom is -0.361 e. The Balaban J connectivity index is 1.38. The number of nitrogens with zero attached hydrogens (tertiary/aromatic N) is 1. The van der Waals surface area contributed by atoms with E-state index in [1.54, 1.807) is 18.2 Å².